The number of hydrogen-bond donors (Lipinski definition) is 1. The van der Waals surface area contributed by atoms with Gasteiger partial charge in [-0.05, 0) is 6.42 Å². The molecule has 6 heteroatoms. The van der Waals surface area contributed by atoms with Gasteiger partial charge in [0.1, 0.15) is 25.1 Å². The van der Waals surface area contributed by atoms with E-state index in [0.717, 1.165) is 18.7 Å². The van der Waals surface area contributed by atoms with Crippen LogP contribution in [0, 0.1) is 0 Å². The third-order valence-electron chi connectivity index (χ3n) is 3.37. The van der Waals surface area contributed by atoms with Crippen LogP contribution in [0.4, 0.5) is 11.5 Å². The Morgan fingerprint density at radius 2 is 2.19 bits per heavy atom. The zero-order valence-electron chi connectivity index (χ0n) is 12.7. The lowest BCUT2D eigenvalue weighted by Gasteiger charge is -2.02. The first-order valence-corrected chi connectivity index (χ1v) is 7.34. The molecule has 0 amide bonds. The molecular formula is C15H23N6+. The third kappa shape index (κ3) is 4.11. The van der Waals surface area contributed by atoms with Gasteiger partial charge in [0, 0.05) is 12.1 Å². The van der Waals surface area contributed by atoms with E-state index in [-0.39, 0.29) is 0 Å². The summed E-state index contributed by atoms with van der Waals surface area (Å²) in [6.45, 7) is 3.53. The monoisotopic (exact) mass is 287 g/mol. The molecule has 0 aromatic carbocycles. The largest absolute Gasteiger partial charge is 0.382 e. The number of hydrogen-bond acceptors (Lipinski definition) is 4. The van der Waals surface area contributed by atoms with Gasteiger partial charge in [-0.1, -0.05) is 25.8 Å². The maximum Gasteiger partial charge on any atom is 0.202 e. The van der Waals surface area contributed by atoms with Gasteiger partial charge in [-0.15, -0.1) is 0 Å². The van der Waals surface area contributed by atoms with E-state index in [9.17, 15) is 0 Å². The van der Waals surface area contributed by atoms with Crippen molar-refractivity contribution in [2.75, 3.05) is 12.3 Å². The molecule has 112 valence electrons. The van der Waals surface area contributed by atoms with Crippen molar-refractivity contribution >= 4 is 11.5 Å². The molecule has 0 saturated heterocycles. The SMILES string of the molecule is CCCCCN=Nc1cnn(Cc2cccc[n+]2C)c1N. The van der Waals surface area contributed by atoms with Gasteiger partial charge >= 0.3 is 0 Å². The van der Waals surface area contributed by atoms with Gasteiger partial charge in [-0.3, -0.25) is 0 Å². The average molecular weight is 287 g/mol. The van der Waals surface area contributed by atoms with Crippen molar-refractivity contribution in [2.24, 2.45) is 17.3 Å². The van der Waals surface area contributed by atoms with Crippen LogP contribution in [0.5, 0.6) is 0 Å². The highest BCUT2D eigenvalue weighted by atomic mass is 15.3. The molecule has 2 N–H and O–H groups in total. The number of unbranched alkanes of at least 4 members (excludes halogenated alkanes) is 2. The molecule has 2 rings (SSSR count). The number of nitrogens with zero attached hydrogens (tertiary/aromatic N) is 5. The standard InChI is InChI=1S/C15H23N6/c1-3-4-6-9-17-19-14-11-18-21(15(14)16)12-13-8-5-7-10-20(13)2/h5,7-8,10-11H,3-4,6,9,12,16H2,1-2H3/q+1. The number of pyridine rings is 1. The van der Waals surface area contributed by atoms with Crippen molar-refractivity contribution in [3.63, 3.8) is 0 Å². The molecule has 2 aromatic rings. The number of azo groups is 1. The average Bonchev–Trinajstić information content (AvgIpc) is 2.82. The van der Waals surface area contributed by atoms with Crippen LogP contribution in [0.25, 0.3) is 0 Å². The number of nitrogens with two attached hydrogens (primary N) is 1. The first-order chi connectivity index (χ1) is 10.2. The minimum absolute atomic E-state index is 0.554. The van der Waals surface area contributed by atoms with E-state index in [1.54, 1.807) is 10.9 Å². The van der Waals surface area contributed by atoms with Crippen molar-refractivity contribution in [2.45, 2.75) is 32.7 Å². The van der Waals surface area contributed by atoms with E-state index in [1.165, 1.54) is 12.8 Å². The van der Waals surface area contributed by atoms with Gasteiger partial charge < -0.3 is 5.73 Å². The number of aromatic nitrogens is 3. The van der Waals surface area contributed by atoms with Crippen molar-refractivity contribution in [1.29, 1.82) is 0 Å². The van der Waals surface area contributed by atoms with Crippen LogP contribution in [-0.2, 0) is 13.6 Å². The summed E-state index contributed by atoms with van der Waals surface area (Å²) in [4.78, 5) is 0. The molecule has 6 nitrogen and oxygen atoms in total. The molecule has 0 atom stereocenters. The summed E-state index contributed by atoms with van der Waals surface area (Å²) in [5.74, 6) is 0.554. The summed E-state index contributed by atoms with van der Waals surface area (Å²) in [6, 6.07) is 6.04. The Bertz CT molecular complexity index is 602. The molecule has 2 aromatic heterocycles. The second kappa shape index (κ2) is 7.52. The predicted octanol–water partition coefficient (Wildman–Crippen LogP) is 2.61. The zero-order valence-corrected chi connectivity index (χ0v) is 12.7. The molecule has 0 radical (unpaired) electrons. The maximum atomic E-state index is 6.08. The summed E-state index contributed by atoms with van der Waals surface area (Å²) in [6.07, 6.45) is 7.10. The van der Waals surface area contributed by atoms with Crippen molar-refractivity contribution in [1.82, 2.24) is 9.78 Å². The Hall–Kier alpha value is -2.24. The topological polar surface area (TPSA) is 72.4 Å². The van der Waals surface area contributed by atoms with Crippen molar-refractivity contribution in [3.8, 4) is 0 Å². The van der Waals surface area contributed by atoms with Gasteiger partial charge in [-0.25, -0.2) is 9.25 Å². The molecule has 0 fully saturated rings. The molecule has 0 saturated carbocycles. The molecule has 2 heterocycles. The number of nitrogen functional groups attached to an aromatic ring is 1. The Morgan fingerprint density at radius 1 is 1.33 bits per heavy atom. The summed E-state index contributed by atoms with van der Waals surface area (Å²) in [7, 11) is 2.00. The molecule has 0 unspecified atom stereocenters. The second-order valence-corrected chi connectivity index (χ2v) is 5.05. The highest BCUT2D eigenvalue weighted by Crippen LogP contribution is 2.21. The van der Waals surface area contributed by atoms with Gasteiger partial charge in [0.25, 0.3) is 0 Å². The molecule has 21 heavy (non-hydrogen) atoms. The van der Waals surface area contributed by atoms with Gasteiger partial charge in [0.15, 0.2) is 6.20 Å². The molecule has 0 spiro atoms. The molecule has 0 aliphatic rings. The lowest BCUT2D eigenvalue weighted by molar-refractivity contribution is -0.679. The molecule has 0 bridgehead atoms. The van der Waals surface area contributed by atoms with Crippen LogP contribution in [-0.4, -0.2) is 16.3 Å². The van der Waals surface area contributed by atoms with Crippen LogP contribution < -0.4 is 10.3 Å². The maximum absolute atomic E-state index is 6.08. The number of aryl methyl sites for hydroxylation is 1. The van der Waals surface area contributed by atoms with Crippen LogP contribution in [0.1, 0.15) is 31.9 Å². The van der Waals surface area contributed by atoms with Crippen LogP contribution in [0.3, 0.4) is 0 Å². The summed E-state index contributed by atoms with van der Waals surface area (Å²) >= 11 is 0. The quantitative estimate of drug-likeness (QED) is 0.483. The Morgan fingerprint density at radius 3 is 2.95 bits per heavy atom. The van der Waals surface area contributed by atoms with Crippen LogP contribution in [0.15, 0.2) is 40.8 Å². The predicted molar refractivity (Wildman–Crippen MR) is 82.3 cm³/mol. The lowest BCUT2D eigenvalue weighted by Crippen LogP contribution is -2.34. The fourth-order valence-corrected chi connectivity index (χ4v) is 2.02. The second-order valence-electron chi connectivity index (χ2n) is 5.05. The van der Waals surface area contributed by atoms with Crippen LogP contribution in [0.2, 0.25) is 0 Å². The van der Waals surface area contributed by atoms with E-state index >= 15 is 0 Å². The van der Waals surface area contributed by atoms with Gasteiger partial charge in [0.2, 0.25) is 5.69 Å². The highest BCUT2D eigenvalue weighted by molar-refractivity contribution is 5.56. The van der Waals surface area contributed by atoms with Gasteiger partial charge in [0.05, 0.1) is 12.7 Å². The Balaban J connectivity index is 2.02. The first kappa shape index (κ1) is 15.2. The summed E-state index contributed by atoms with van der Waals surface area (Å²) < 4.78 is 3.79. The van der Waals surface area contributed by atoms with E-state index < -0.39 is 0 Å². The van der Waals surface area contributed by atoms with E-state index in [1.807, 2.05) is 36.0 Å². The van der Waals surface area contributed by atoms with Crippen molar-refractivity contribution in [3.05, 3.63) is 36.3 Å². The molecule has 0 aliphatic carbocycles. The summed E-state index contributed by atoms with van der Waals surface area (Å²) in [5, 5.41) is 12.6. The smallest absolute Gasteiger partial charge is 0.202 e. The van der Waals surface area contributed by atoms with Crippen LogP contribution >= 0.6 is 0 Å². The minimum atomic E-state index is 0.554. The summed E-state index contributed by atoms with van der Waals surface area (Å²) in [5.41, 5.74) is 7.85. The minimum Gasteiger partial charge on any atom is -0.382 e. The lowest BCUT2D eigenvalue weighted by atomic mass is 10.3. The Kier molecular flexibility index (Phi) is 5.43. The fraction of sp³-hybridized carbons (Fsp3) is 0.467. The van der Waals surface area contributed by atoms with Crippen molar-refractivity contribution < 1.29 is 4.57 Å². The third-order valence-corrected chi connectivity index (χ3v) is 3.37. The highest BCUT2D eigenvalue weighted by Gasteiger charge is 2.11. The normalized spacial score (nSPS) is 11.3. The fourth-order valence-electron chi connectivity index (χ4n) is 2.02. The molecule has 0 aliphatic heterocycles. The Labute approximate surface area is 125 Å². The van der Waals surface area contributed by atoms with E-state index in [4.69, 9.17) is 5.73 Å². The number of rotatable bonds is 7. The number of anilines is 1. The van der Waals surface area contributed by atoms with E-state index in [0.29, 0.717) is 18.1 Å². The first-order valence-electron chi connectivity index (χ1n) is 7.34. The van der Waals surface area contributed by atoms with E-state index in [2.05, 4.69) is 22.3 Å². The zero-order chi connectivity index (χ0) is 15.1. The van der Waals surface area contributed by atoms with Gasteiger partial charge in [-0.2, -0.15) is 15.3 Å². The molecular weight excluding hydrogens is 264 g/mol.